The Labute approximate surface area is 171 Å². The van der Waals surface area contributed by atoms with Crippen LogP contribution in [0.25, 0.3) is 0 Å². The van der Waals surface area contributed by atoms with Gasteiger partial charge in [-0.15, -0.1) is 11.3 Å². The van der Waals surface area contributed by atoms with Gasteiger partial charge < -0.3 is 14.3 Å². The number of furan rings is 1. The molecule has 1 aromatic carbocycles. The zero-order chi connectivity index (χ0) is 20.4. The Kier molecular flexibility index (Phi) is 5.22. The third kappa shape index (κ3) is 3.45. The fourth-order valence-electron chi connectivity index (χ4n) is 3.30. The van der Waals surface area contributed by atoms with Crippen molar-refractivity contribution >= 4 is 28.7 Å². The number of benzene rings is 1. The third-order valence-electron chi connectivity index (χ3n) is 4.58. The van der Waals surface area contributed by atoms with Gasteiger partial charge in [0.2, 0.25) is 5.78 Å². The minimum Gasteiger partial charge on any atom is -0.503 e. The number of carbonyl (C=O) groups excluding carboxylic acids is 2. The molecule has 0 bridgehead atoms. The number of aliphatic hydroxyl groups excluding tert-OH is 1. The summed E-state index contributed by atoms with van der Waals surface area (Å²) in [6, 6.07) is 12.9. The smallest absolute Gasteiger partial charge is 0.294 e. The van der Waals surface area contributed by atoms with Gasteiger partial charge in [-0.25, -0.2) is 0 Å². The Morgan fingerprint density at radius 3 is 2.79 bits per heavy atom. The van der Waals surface area contributed by atoms with E-state index in [9.17, 15) is 14.7 Å². The highest BCUT2D eigenvalue weighted by Crippen LogP contribution is 2.43. The molecule has 1 unspecified atom stereocenters. The number of ether oxygens (including phenoxy) is 1. The van der Waals surface area contributed by atoms with Gasteiger partial charge in [-0.1, -0.05) is 19.1 Å². The van der Waals surface area contributed by atoms with Crippen LogP contribution in [0.15, 0.2) is 75.9 Å². The monoisotopic (exact) mass is 409 g/mol. The Morgan fingerprint density at radius 2 is 2.10 bits per heavy atom. The second-order valence-electron chi connectivity index (χ2n) is 6.51. The highest BCUT2D eigenvalue weighted by Gasteiger charge is 2.46. The predicted molar refractivity (Wildman–Crippen MR) is 109 cm³/mol. The topological polar surface area (TPSA) is 80.0 Å². The lowest BCUT2D eigenvalue weighted by atomic mass is 10.00. The molecule has 6 nitrogen and oxygen atoms in total. The standard InChI is InChI=1S/C22H19NO5S/c1-2-10-27-15-7-3-6-14(13-15)23-19(16-8-4-11-28-16)18(21(25)22(23)26)20(24)17-9-5-12-29-17/h3-9,11-13,19,25H,2,10H2,1H3. The molecule has 0 aliphatic carbocycles. The summed E-state index contributed by atoms with van der Waals surface area (Å²) in [7, 11) is 0. The van der Waals surface area contributed by atoms with E-state index in [1.165, 1.54) is 22.5 Å². The quantitative estimate of drug-likeness (QED) is 0.561. The van der Waals surface area contributed by atoms with Crippen molar-refractivity contribution in [2.75, 3.05) is 11.5 Å². The molecule has 29 heavy (non-hydrogen) atoms. The molecule has 0 radical (unpaired) electrons. The zero-order valence-corrected chi connectivity index (χ0v) is 16.5. The van der Waals surface area contributed by atoms with Crippen LogP contribution in [-0.2, 0) is 4.79 Å². The zero-order valence-electron chi connectivity index (χ0n) is 15.7. The number of anilines is 1. The molecule has 1 N–H and O–H groups in total. The first-order chi connectivity index (χ1) is 14.1. The van der Waals surface area contributed by atoms with Crippen molar-refractivity contribution < 1.29 is 23.8 Å². The van der Waals surface area contributed by atoms with E-state index in [-0.39, 0.29) is 5.57 Å². The van der Waals surface area contributed by atoms with Crippen molar-refractivity contribution in [3.05, 3.63) is 82.1 Å². The first kappa shape index (κ1) is 19.0. The van der Waals surface area contributed by atoms with Crippen LogP contribution in [0.4, 0.5) is 5.69 Å². The molecular weight excluding hydrogens is 390 g/mol. The maximum atomic E-state index is 13.1. The van der Waals surface area contributed by atoms with Gasteiger partial charge in [-0.3, -0.25) is 14.5 Å². The van der Waals surface area contributed by atoms with Gasteiger partial charge >= 0.3 is 0 Å². The van der Waals surface area contributed by atoms with Crippen molar-refractivity contribution in [1.82, 2.24) is 0 Å². The summed E-state index contributed by atoms with van der Waals surface area (Å²) >= 11 is 1.25. The van der Waals surface area contributed by atoms with E-state index in [1.807, 2.05) is 6.92 Å². The van der Waals surface area contributed by atoms with Crippen molar-refractivity contribution in [2.45, 2.75) is 19.4 Å². The molecule has 148 valence electrons. The fourth-order valence-corrected chi connectivity index (χ4v) is 3.98. The van der Waals surface area contributed by atoms with Crippen LogP contribution in [0, 0.1) is 0 Å². The highest BCUT2D eigenvalue weighted by molar-refractivity contribution is 7.12. The number of rotatable bonds is 7. The summed E-state index contributed by atoms with van der Waals surface area (Å²) in [5, 5.41) is 12.4. The largest absolute Gasteiger partial charge is 0.503 e. The number of hydrogen-bond donors (Lipinski definition) is 1. The van der Waals surface area contributed by atoms with E-state index in [0.29, 0.717) is 28.7 Å². The molecule has 1 aliphatic rings. The van der Waals surface area contributed by atoms with E-state index in [1.54, 1.807) is 53.9 Å². The van der Waals surface area contributed by atoms with Gasteiger partial charge in [-0.05, 0) is 42.1 Å². The molecule has 4 rings (SSSR count). The van der Waals surface area contributed by atoms with Crippen LogP contribution in [0.5, 0.6) is 5.75 Å². The van der Waals surface area contributed by atoms with Crippen molar-refractivity contribution in [2.24, 2.45) is 0 Å². The van der Waals surface area contributed by atoms with Crippen LogP contribution >= 0.6 is 11.3 Å². The fraction of sp³-hybridized carbons (Fsp3) is 0.182. The molecule has 2 aromatic heterocycles. The van der Waals surface area contributed by atoms with Crippen LogP contribution in [0.3, 0.4) is 0 Å². The van der Waals surface area contributed by atoms with E-state index in [2.05, 4.69) is 0 Å². The predicted octanol–water partition coefficient (Wildman–Crippen LogP) is 4.91. The molecule has 0 fully saturated rings. The van der Waals surface area contributed by atoms with Crippen LogP contribution in [0.2, 0.25) is 0 Å². The normalized spacial score (nSPS) is 16.5. The van der Waals surface area contributed by atoms with Gasteiger partial charge in [0, 0.05) is 11.8 Å². The summed E-state index contributed by atoms with van der Waals surface area (Å²) in [4.78, 5) is 27.9. The molecule has 3 aromatic rings. The van der Waals surface area contributed by atoms with E-state index in [0.717, 1.165) is 6.42 Å². The lowest BCUT2D eigenvalue weighted by molar-refractivity contribution is -0.117. The molecule has 0 saturated heterocycles. The average molecular weight is 409 g/mol. The van der Waals surface area contributed by atoms with Crippen molar-refractivity contribution in [3.8, 4) is 5.75 Å². The second kappa shape index (κ2) is 7.97. The summed E-state index contributed by atoms with van der Waals surface area (Å²) in [5.41, 5.74) is 0.512. The molecule has 0 spiro atoms. The van der Waals surface area contributed by atoms with Crippen molar-refractivity contribution in [3.63, 3.8) is 0 Å². The highest BCUT2D eigenvalue weighted by atomic mass is 32.1. The number of amides is 1. The van der Waals surface area contributed by atoms with Crippen LogP contribution in [-0.4, -0.2) is 23.4 Å². The number of ketones is 1. The molecular formula is C22H19NO5S. The van der Waals surface area contributed by atoms with Gasteiger partial charge in [0.25, 0.3) is 5.91 Å². The van der Waals surface area contributed by atoms with Gasteiger partial charge in [0.15, 0.2) is 5.76 Å². The molecule has 0 saturated carbocycles. The maximum absolute atomic E-state index is 13.1. The first-order valence-corrected chi connectivity index (χ1v) is 10.1. The van der Waals surface area contributed by atoms with Gasteiger partial charge in [0.05, 0.1) is 23.3 Å². The SMILES string of the molecule is CCCOc1cccc(N2C(=O)C(O)=C(C(=O)c3cccs3)C2c2ccco2)c1. The number of thiophene rings is 1. The van der Waals surface area contributed by atoms with Gasteiger partial charge in [-0.2, -0.15) is 0 Å². The van der Waals surface area contributed by atoms with E-state index >= 15 is 0 Å². The minimum atomic E-state index is -0.867. The number of Topliss-reactive ketones (excluding diaryl/α,β-unsaturated/α-hetero) is 1. The molecule has 1 aliphatic heterocycles. The lowest BCUT2D eigenvalue weighted by Gasteiger charge is -2.25. The summed E-state index contributed by atoms with van der Waals surface area (Å²) in [6.07, 6.45) is 2.32. The summed E-state index contributed by atoms with van der Waals surface area (Å²) in [6.45, 7) is 2.55. The molecule has 7 heteroatoms. The lowest BCUT2D eigenvalue weighted by Crippen LogP contribution is -2.30. The van der Waals surface area contributed by atoms with Crippen LogP contribution < -0.4 is 9.64 Å². The first-order valence-electron chi connectivity index (χ1n) is 9.23. The molecule has 3 heterocycles. The number of hydrogen-bond acceptors (Lipinski definition) is 6. The Morgan fingerprint density at radius 1 is 1.24 bits per heavy atom. The Hall–Kier alpha value is -3.32. The Balaban J connectivity index is 1.79. The minimum absolute atomic E-state index is 0.00674. The number of nitrogens with zero attached hydrogens (tertiary/aromatic N) is 1. The molecule has 1 amide bonds. The summed E-state index contributed by atoms with van der Waals surface area (Å²) in [5.74, 6) is -0.619. The van der Waals surface area contributed by atoms with Gasteiger partial charge in [0.1, 0.15) is 17.6 Å². The average Bonchev–Trinajstić information content (AvgIpc) is 3.48. The molecule has 1 atom stereocenters. The maximum Gasteiger partial charge on any atom is 0.294 e. The van der Waals surface area contributed by atoms with E-state index in [4.69, 9.17) is 9.15 Å². The second-order valence-corrected chi connectivity index (χ2v) is 7.46. The Bertz CT molecular complexity index is 1050. The van der Waals surface area contributed by atoms with Crippen molar-refractivity contribution in [1.29, 1.82) is 0 Å². The summed E-state index contributed by atoms with van der Waals surface area (Å²) < 4.78 is 11.2. The number of carbonyl (C=O) groups is 2. The van der Waals surface area contributed by atoms with Crippen LogP contribution in [0.1, 0.15) is 34.8 Å². The van der Waals surface area contributed by atoms with E-state index < -0.39 is 23.5 Å². The third-order valence-corrected chi connectivity index (χ3v) is 5.45. The number of aliphatic hydroxyl groups is 1.